The summed E-state index contributed by atoms with van der Waals surface area (Å²) in [5.74, 6) is 1.72. The summed E-state index contributed by atoms with van der Waals surface area (Å²) in [6.45, 7) is 6.23. The van der Waals surface area contributed by atoms with Crippen LogP contribution in [0.25, 0.3) is 0 Å². The molecular formula is C10H15BrN2S. The molecule has 1 unspecified atom stereocenters. The van der Waals surface area contributed by atoms with E-state index in [-0.39, 0.29) is 0 Å². The highest BCUT2D eigenvalue weighted by Crippen LogP contribution is 2.18. The van der Waals surface area contributed by atoms with Crippen LogP contribution in [0.4, 0.5) is 0 Å². The minimum atomic E-state index is 0.657. The summed E-state index contributed by atoms with van der Waals surface area (Å²) >= 11 is 5.19. The molecule has 0 aliphatic heterocycles. The van der Waals surface area contributed by atoms with Crippen LogP contribution in [-0.4, -0.2) is 21.1 Å². The fourth-order valence-corrected chi connectivity index (χ4v) is 2.52. The van der Waals surface area contributed by atoms with E-state index in [1.54, 1.807) is 11.8 Å². The Hall–Kier alpha value is -0.0900. The van der Waals surface area contributed by atoms with Crippen molar-refractivity contribution >= 4 is 27.7 Å². The van der Waals surface area contributed by atoms with E-state index in [2.05, 4.69) is 32.8 Å². The highest BCUT2D eigenvalue weighted by atomic mass is 79.9. The van der Waals surface area contributed by atoms with Crippen molar-refractivity contribution in [2.24, 2.45) is 5.92 Å². The van der Waals surface area contributed by atoms with Gasteiger partial charge in [0.05, 0.1) is 0 Å². The molecule has 1 aromatic rings. The van der Waals surface area contributed by atoms with Crippen LogP contribution >= 0.6 is 27.7 Å². The number of aryl methyl sites for hydroxylation is 2. The van der Waals surface area contributed by atoms with Crippen molar-refractivity contribution in [1.29, 1.82) is 0 Å². The maximum absolute atomic E-state index is 4.38. The van der Waals surface area contributed by atoms with Crippen molar-refractivity contribution in [2.45, 2.75) is 25.9 Å². The standard InChI is InChI=1S/C10H15BrN2S/c1-7(5-11)6-14-10-12-8(2)4-9(3)13-10/h4,7H,5-6H2,1-3H3. The van der Waals surface area contributed by atoms with Crippen LogP contribution in [0.15, 0.2) is 11.2 Å². The Morgan fingerprint density at radius 1 is 1.36 bits per heavy atom. The minimum absolute atomic E-state index is 0.657. The molecule has 4 heteroatoms. The smallest absolute Gasteiger partial charge is 0.187 e. The molecule has 0 radical (unpaired) electrons. The molecule has 14 heavy (non-hydrogen) atoms. The first-order valence-electron chi connectivity index (χ1n) is 4.63. The molecule has 0 N–H and O–H groups in total. The van der Waals surface area contributed by atoms with Crippen LogP contribution in [0.1, 0.15) is 18.3 Å². The van der Waals surface area contributed by atoms with E-state index >= 15 is 0 Å². The maximum atomic E-state index is 4.38. The van der Waals surface area contributed by atoms with Gasteiger partial charge in [-0.05, 0) is 25.8 Å². The van der Waals surface area contributed by atoms with Gasteiger partial charge < -0.3 is 0 Å². The monoisotopic (exact) mass is 274 g/mol. The Labute approximate surface area is 98.1 Å². The lowest BCUT2D eigenvalue weighted by molar-refractivity contribution is 0.766. The topological polar surface area (TPSA) is 25.8 Å². The third-order valence-corrected chi connectivity index (χ3v) is 4.00. The molecule has 0 saturated heterocycles. The van der Waals surface area contributed by atoms with Gasteiger partial charge in [0.2, 0.25) is 0 Å². The van der Waals surface area contributed by atoms with E-state index in [9.17, 15) is 0 Å². The summed E-state index contributed by atoms with van der Waals surface area (Å²) in [5, 5.41) is 1.93. The molecule has 1 rings (SSSR count). The molecule has 78 valence electrons. The van der Waals surface area contributed by atoms with Gasteiger partial charge in [-0.2, -0.15) is 0 Å². The molecular weight excluding hydrogens is 260 g/mol. The lowest BCUT2D eigenvalue weighted by Gasteiger charge is -2.06. The van der Waals surface area contributed by atoms with Crippen LogP contribution < -0.4 is 0 Å². The second-order valence-corrected chi connectivity index (χ2v) is 5.14. The zero-order valence-electron chi connectivity index (χ0n) is 8.75. The number of aromatic nitrogens is 2. The van der Waals surface area contributed by atoms with E-state index in [1.165, 1.54) is 0 Å². The molecule has 1 atom stereocenters. The highest BCUT2D eigenvalue weighted by molar-refractivity contribution is 9.09. The second kappa shape index (κ2) is 5.71. The molecule has 0 aliphatic rings. The van der Waals surface area contributed by atoms with Crippen molar-refractivity contribution in [2.75, 3.05) is 11.1 Å². The molecule has 0 amide bonds. The number of hydrogen-bond donors (Lipinski definition) is 0. The molecule has 0 fully saturated rings. The Morgan fingerprint density at radius 3 is 2.43 bits per heavy atom. The first-order valence-corrected chi connectivity index (χ1v) is 6.73. The SMILES string of the molecule is Cc1cc(C)nc(SCC(C)CBr)n1. The highest BCUT2D eigenvalue weighted by Gasteiger charge is 2.04. The van der Waals surface area contributed by atoms with E-state index in [4.69, 9.17) is 0 Å². The van der Waals surface area contributed by atoms with Gasteiger partial charge in [0, 0.05) is 22.5 Å². The van der Waals surface area contributed by atoms with Gasteiger partial charge in [-0.15, -0.1) is 0 Å². The van der Waals surface area contributed by atoms with Gasteiger partial charge >= 0.3 is 0 Å². The normalized spacial score (nSPS) is 12.9. The molecule has 0 bridgehead atoms. The zero-order valence-corrected chi connectivity index (χ0v) is 11.2. The first-order chi connectivity index (χ1) is 6.61. The van der Waals surface area contributed by atoms with Crippen molar-refractivity contribution in [3.63, 3.8) is 0 Å². The van der Waals surface area contributed by atoms with E-state index in [1.807, 2.05) is 19.9 Å². The first kappa shape index (κ1) is 12.0. The molecule has 1 heterocycles. The largest absolute Gasteiger partial charge is 0.228 e. The Kier molecular flexibility index (Phi) is 4.89. The van der Waals surface area contributed by atoms with Crippen molar-refractivity contribution in [3.8, 4) is 0 Å². The van der Waals surface area contributed by atoms with E-state index < -0.39 is 0 Å². The van der Waals surface area contributed by atoms with Gasteiger partial charge in [0.1, 0.15) is 0 Å². The summed E-state index contributed by atoms with van der Waals surface area (Å²) in [6.07, 6.45) is 0. The molecule has 2 nitrogen and oxygen atoms in total. The zero-order chi connectivity index (χ0) is 10.6. The molecule has 0 aliphatic carbocycles. The van der Waals surface area contributed by atoms with E-state index in [0.29, 0.717) is 5.92 Å². The van der Waals surface area contributed by atoms with Crippen LogP contribution in [-0.2, 0) is 0 Å². The van der Waals surface area contributed by atoms with Crippen LogP contribution in [0.3, 0.4) is 0 Å². The molecule has 0 saturated carbocycles. The van der Waals surface area contributed by atoms with Gasteiger partial charge in [0.25, 0.3) is 0 Å². The lowest BCUT2D eigenvalue weighted by atomic mass is 10.3. The third-order valence-electron chi connectivity index (χ3n) is 1.72. The van der Waals surface area contributed by atoms with E-state index in [0.717, 1.165) is 27.6 Å². The number of hydrogen-bond acceptors (Lipinski definition) is 3. The predicted molar refractivity (Wildman–Crippen MR) is 65.2 cm³/mol. The van der Waals surface area contributed by atoms with Gasteiger partial charge in [-0.1, -0.05) is 34.6 Å². The average molecular weight is 275 g/mol. The van der Waals surface area contributed by atoms with Crippen molar-refractivity contribution in [3.05, 3.63) is 17.5 Å². The second-order valence-electron chi connectivity index (χ2n) is 3.50. The lowest BCUT2D eigenvalue weighted by Crippen LogP contribution is -2.01. The van der Waals surface area contributed by atoms with Gasteiger partial charge in [0.15, 0.2) is 5.16 Å². The number of thioether (sulfide) groups is 1. The predicted octanol–water partition coefficient (Wildman–Crippen LogP) is 3.22. The summed E-state index contributed by atoms with van der Waals surface area (Å²) < 4.78 is 0. The Bertz CT molecular complexity index is 284. The molecule has 0 spiro atoms. The maximum Gasteiger partial charge on any atom is 0.187 e. The van der Waals surface area contributed by atoms with Crippen LogP contribution in [0, 0.1) is 19.8 Å². The number of rotatable bonds is 4. The number of halogens is 1. The van der Waals surface area contributed by atoms with Crippen LogP contribution in [0.5, 0.6) is 0 Å². The summed E-state index contributed by atoms with van der Waals surface area (Å²) in [5.41, 5.74) is 2.10. The Morgan fingerprint density at radius 2 is 1.93 bits per heavy atom. The number of nitrogens with zero attached hydrogens (tertiary/aromatic N) is 2. The third kappa shape index (κ3) is 3.96. The Balaban J connectivity index is 2.58. The summed E-state index contributed by atoms with van der Waals surface area (Å²) in [6, 6.07) is 2.00. The van der Waals surface area contributed by atoms with Crippen molar-refractivity contribution in [1.82, 2.24) is 9.97 Å². The fraction of sp³-hybridized carbons (Fsp3) is 0.600. The molecule has 1 aromatic heterocycles. The van der Waals surface area contributed by atoms with Crippen molar-refractivity contribution < 1.29 is 0 Å². The quantitative estimate of drug-likeness (QED) is 0.479. The van der Waals surface area contributed by atoms with Gasteiger partial charge in [-0.25, -0.2) is 9.97 Å². The average Bonchev–Trinajstić information content (AvgIpc) is 2.12. The number of alkyl halides is 1. The van der Waals surface area contributed by atoms with Crippen LogP contribution in [0.2, 0.25) is 0 Å². The summed E-state index contributed by atoms with van der Waals surface area (Å²) in [7, 11) is 0. The fourth-order valence-electron chi connectivity index (χ4n) is 1.02. The molecule has 0 aromatic carbocycles. The minimum Gasteiger partial charge on any atom is -0.228 e. The summed E-state index contributed by atoms with van der Waals surface area (Å²) in [4.78, 5) is 8.75. The van der Waals surface area contributed by atoms with Gasteiger partial charge in [-0.3, -0.25) is 0 Å².